The maximum atomic E-state index is 16.0. The number of benzene rings is 20. The van der Waals surface area contributed by atoms with Crippen molar-refractivity contribution in [2.45, 2.75) is 10.8 Å². The molecule has 20 aromatic carbocycles. The van der Waals surface area contributed by atoms with Crippen LogP contribution in [0.15, 0.2) is 454 Å². The molecule has 0 N–H and O–H groups in total. The molecule has 0 saturated heterocycles. The van der Waals surface area contributed by atoms with Crippen molar-refractivity contribution in [1.29, 1.82) is 0 Å². The number of anilines is 12. The molecule has 0 bridgehead atoms. The highest BCUT2D eigenvalue weighted by atomic mass is 19.2. The van der Waals surface area contributed by atoms with Gasteiger partial charge in [-0.05, 0) is 367 Å². The summed E-state index contributed by atoms with van der Waals surface area (Å²) in [5, 5.41) is 1.66. The molecule has 23 rings (SSSR count). The number of nitrogens with zero attached hydrogens (tertiary/aromatic N) is 4. The third-order valence-electron chi connectivity index (χ3n) is 27.1. The first-order chi connectivity index (χ1) is 69.8. The molecule has 21 aromatic rings. The summed E-state index contributed by atoms with van der Waals surface area (Å²) in [6, 6.07) is 129. The Labute approximate surface area is 816 Å². The van der Waals surface area contributed by atoms with Crippen LogP contribution in [-0.2, 0) is 10.8 Å². The van der Waals surface area contributed by atoms with Gasteiger partial charge in [-0.1, -0.05) is 183 Å². The van der Waals surface area contributed by atoms with Gasteiger partial charge in [-0.25, -0.2) is 43.9 Å². The van der Waals surface area contributed by atoms with Crippen LogP contribution in [0.4, 0.5) is 112 Å². The standard InChI is InChI=1S/C126H78F10N4O3/c1-3-77-13-57-103(58-14-77)141-105-61-25-83(26-62-105)125(85-69-117(131)123(135)118(132)70-85)113-11-7-5-9-107(113)109-65-53-99(73-115(109)125)137(95-45-29-87(127)30-46-95)91-37-17-79(18-38-91)81-21-41-93(42-22-81)139(97-49-33-89(129)34-50-97)101-55-67-111-112-68-56-102(76-122(112)143-121(111)75-101)140(98-51-35-90(130)36-52-98)94-43-23-82(24-44-94)80-19-39-92(40-20-80)138(96-47-31-88(128)32-48-96)100-54-66-110-108-10-6-8-12-114(108)126(116(110)74-100,86-71-119(133)124(136)120(134)72-86)84-27-63-106(64-28-84)142-104-59-15-78(4-2)16-60-104/h3-76H,1-2H2. The Morgan fingerprint density at radius 1 is 0.217 bits per heavy atom. The van der Waals surface area contributed by atoms with E-state index in [0.717, 1.165) is 102 Å². The highest BCUT2D eigenvalue weighted by Gasteiger charge is 2.50. The van der Waals surface area contributed by atoms with E-state index in [2.05, 4.69) is 13.2 Å². The van der Waals surface area contributed by atoms with Crippen molar-refractivity contribution in [1.82, 2.24) is 0 Å². The number of halogens is 10. The number of hydrogen-bond donors (Lipinski definition) is 0. The van der Waals surface area contributed by atoms with Crippen LogP contribution in [0.2, 0.25) is 0 Å². The molecule has 0 saturated carbocycles. The van der Waals surface area contributed by atoms with Gasteiger partial charge in [-0.3, -0.25) is 0 Å². The molecule has 2 atom stereocenters. The van der Waals surface area contributed by atoms with Gasteiger partial charge < -0.3 is 33.5 Å². The Morgan fingerprint density at radius 2 is 0.455 bits per heavy atom. The summed E-state index contributed by atoms with van der Waals surface area (Å²) in [5.74, 6) is -8.14. The lowest BCUT2D eigenvalue weighted by molar-refractivity contribution is 0.443. The lowest BCUT2D eigenvalue weighted by atomic mass is 9.67. The van der Waals surface area contributed by atoms with Gasteiger partial charge in [-0.15, -0.1) is 0 Å². The largest absolute Gasteiger partial charge is 0.457 e. The van der Waals surface area contributed by atoms with E-state index in [1.165, 1.54) is 48.5 Å². The van der Waals surface area contributed by atoms with E-state index < -0.39 is 69.0 Å². The lowest BCUT2D eigenvalue weighted by Crippen LogP contribution is -2.29. The molecule has 1 aromatic heterocycles. The highest BCUT2D eigenvalue weighted by Crippen LogP contribution is 2.61. The summed E-state index contributed by atoms with van der Waals surface area (Å²) in [6.45, 7) is 7.71. The number of furan rings is 1. The van der Waals surface area contributed by atoms with Crippen molar-refractivity contribution in [3.63, 3.8) is 0 Å². The normalized spacial score (nSPS) is 13.8. The molecule has 0 aliphatic heterocycles. The van der Waals surface area contributed by atoms with Crippen LogP contribution in [-0.4, -0.2) is 0 Å². The van der Waals surface area contributed by atoms with Crippen molar-refractivity contribution in [2.75, 3.05) is 19.6 Å². The summed E-state index contributed by atoms with van der Waals surface area (Å²) in [7, 11) is 0. The smallest absolute Gasteiger partial charge is 0.194 e. The van der Waals surface area contributed by atoms with Gasteiger partial charge in [0.05, 0.1) is 10.8 Å². The second-order valence-corrected chi connectivity index (χ2v) is 35.3. The van der Waals surface area contributed by atoms with Gasteiger partial charge in [0.15, 0.2) is 34.9 Å². The van der Waals surface area contributed by atoms with E-state index in [0.29, 0.717) is 124 Å². The maximum Gasteiger partial charge on any atom is 0.194 e. The van der Waals surface area contributed by atoms with Gasteiger partial charge in [0, 0.05) is 91.2 Å². The van der Waals surface area contributed by atoms with E-state index in [4.69, 9.17) is 13.9 Å². The predicted molar refractivity (Wildman–Crippen MR) is 551 cm³/mol. The van der Waals surface area contributed by atoms with E-state index in [1.54, 1.807) is 84.9 Å². The Bertz CT molecular complexity index is 7970. The molecular formula is C126H78F10N4O3. The summed E-state index contributed by atoms with van der Waals surface area (Å²) in [6.07, 6.45) is 3.47. The van der Waals surface area contributed by atoms with Crippen LogP contribution in [0.3, 0.4) is 0 Å². The van der Waals surface area contributed by atoms with Crippen LogP contribution in [0.1, 0.15) is 55.6 Å². The zero-order valence-corrected chi connectivity index (χ0v) is 75.9. The van der Waals surface area contributed by atoms with E-state index in [1.807, 2.05) is 311 Å². The van der Waals surface area contributed by atoms with Crippen molar-refractivity contribution in [3.8, 4) is 67.5 Å². The number of rotatable bonds is 24. The van der Waals surface area contributed by atoms with Gasteiger partial charge in [-0.2, -0.15) is 0 Å². The first kappa shape index (κ1) is 88.7. The summed E-state index contributed by atoms with van der Waals surface area (Å²) < 4.78 is 174. The molecular weight excluding hydrogens is 1810 g/mol. The Balaban J connectivity index is 0.540. The summed E-state index contributed by atoms with van der Waals surface area (Å²) >= 11 is 0. The molecule has 7 nitrogen and oxygen atoms in total. The topological polar surface area (TPSA) is 44.6 Å². The molecule has 17 heteroatoms. The van der Waals surface area contributed by atoms with Gasteiger partial charge in [0.25, 0.3) is 0 Å². The molecule has 0 fully saturated rings. The molecule has 690 valence electrons. The summed E-state index contributed by atoms with van der Waals surface area (Å²) in [4.78, 5) is 7.99. The number of ether oxygens (including phenoxy) is 2. The molecule has 0 amide bonds. The van der Waals surface area contributed by atoms with Crippen LogP contribution in [0, 0.1) is 58.2 Å². The quantitative estimate of drug-likeness (QED) is 0.0441. The minimum atomic E-state index is -1.59. The van der Waals surface area contributed by atoms with E-state index in [9.17, 15) is 8.78 Å². The molecule has 1 heterocycles. The zero-order valence-electron chi connectivity index (χ0n) is 75.9. The Kier molecular flexibility index (Phi) is 22.5. The van der Waals surface area contributed by atoms with E-state index >= 15 is 35.1 Å². The van der Waals surface area contributed by atoms with Crippen molar-refractivity contribution in [2.24, 2.45) is 0 Å². The monoisotopic (exact) mass is 1880 g/mol. The maximum absolute atomic E-state index is 16.0. The predicted octanol–water partition coefficient (Wildman–Crippen LogP) is 35.8. The van der Waals surface area contributed by atoms with E-state index in [-0.39, 0.29) is 11.1 Å². The van der Waals surface area contributed by atoms with Crippen molar-refractivity contribution < 1.29 is 57.8 Å². The minimum Gasteiger partial charge on any atom is -0.457 e. The fraction of sp³-hybridized carbons (Fsp3) is 0.0159. The number of hydrogen-bond acceptors (Lipinski definition) is 7. The SMILES string of the molecule is C=Cc1ccc(Oc2ccc(C3(c4cc(F)c(F)c(F)c4)c4ccccc4-c4ccc(N(c5ccc(F)cc5)c5ccc(-c6ccc(N(c7ccc(F)cc7)c7ccc8c(c7)oc7cc(N(c9ccc(F)cc9)c9ccc(-c%10ccc(N(c%11ccc(F)cc%11)c%11ccc%12c(c%11)C(c%11ccc(Oc%13ccc(C=C)cc%13)cc%11)(c%11cc(F)c(F)c(F)c%11)c%11ccccc%11-%12)cc%10)cc9)ccc78)cc6)cc5)cc43)cc2)cc1. The number of fused-ring (bicyclic) bond motifs is 9. The third-order valence-corrected chi connectivity index (χ3v) is 27.1. The molecule has 0 radical (unpaired) electrons. The zero-order chi connectivity index (χ0) is 97.5. The second-order valence-electron chi connectivity index (χ2n) is 35.3. The minimum absolute atomic E-state index is 0.151. The Hall–Kier alpha value is -18.2. The average Bonchev–Trinajstić information content (AvgIpc) is 1.54. The van der Waals surface area contributed by atoms with Gasteiger partial charge >= 0.3 is 0 Å². The van der Waals surface area contributed by atoms with Crippen LogP contribution < -0.4 is 29.1 Å². The first-order valence-corrected chi connectivity index (χ1v) is 46.2. The molecule has 2 unspecified atom stereocenters. The summed E-state index contributed by atoms with van der Waals surface area (Å²) in [5.41, 5.74) is 19.0. The van der Waals surface area contributed by atoms with Crippen LogP contribution in [0.5, 0.6) is 23.0 Å². The van der Waals surface area contributed by atoms with Crippen LogP contribution >= 0.6 is 0 Å². The average molecular weight is 1890 g/mol. The van der Waals surface area contributed by atoms with Crippen molar-refractivity contribution in [3.05, 3.63) is 564 Å². The highest BCUT2D eigenvalue weighted by molar-refractivity contribution is 6.08. The lowest BCUT2D eigenvalue weighted by Gasteiger charge is -2.35. The molecule has 2 aliphatic rings. The fourth-order valence-electron chi connectivity index (χ4n) is 20.5. The van der Waals surface area contributed by atoms with Crippen molar-refractivity contribution >= 4 is 102 Å². The molecule has 143 heavy (non-hydrogen) atoms. The third kappa shape index (κ3) is 15.9. The fourth-order valence-corrected chi connectivity index (χ4v) is 20.5. The van der Waals surface area contributed by atoms with Gasteiger partial charge in [0.1, 0.15) is 57.4 Å². The first-order valence-electron chi connectivity index (χ1n) is 46.2. The van der Waals surface area contributed by atoms with Crippen LogP contribution in [0.25, 0.3) is 78.6 Å². The second kappa shape index (κ2) is 36.3. The molecule has 2 aliphatic carbocycles. The van der Waals surface area contributed by atoms with Gasteiger partial charge in [0.2, 0.25) is 0 Å². The Morgan fingerprint density at radius 3 is 0.734 bits per heavy atom. The molecule has 0 spiro atoms.